The Morgan fingerprint density at radius 3 is 2.69 bits per heavy atom. The number of hydrogen-bond donors (Lipinski definition) is 2. The molecule has 2 rings (SSSR count). The minimum Gasteiger partial charge on any atom is -0.397 e. The number of halogens is 1. The number of aryl methyl sites for hydroxylation is 1. The first-order valence-corrected chi connectivity index (χ1v) is 5.88. The molecule has 3 N–H and O–H groups in total. The third kappa shape index (κ3) is 1.99. The van der Waals surface area contributed by atoms with Crippen LogP contribution in [0.4, 0.5) is 15.8 Å². The molecule has 1 aliphatic carbocycles. The quantitative estimate of drug-likeness (QED) is 0.770. The maximum Gasteiger partial charge on any atom is 0.131 e. The van der Waals surface area contributed by atoms with Crippen molar-refractivity contribution in [2.24, 2.45) is 5.92 Å². The molecule has 1 aliphatic rings. The first kappa shape index (κ1) is 11.2. The highest BCUT2D eigenvalue weighted by molar-refractivity contribution is 5.71. The molecule has 0 saturated heterocycles. The lowest BCUT2D eigenvalue weighted by Crippen LogP contribution is -2.22. The van der Waals surface area contributed by atoms with Crippen molar-refractivity contribution in [1.29, 1.82) is 0 Å². The standard InChI is InChI=1S/C13H19FN2/c1-8-6-11(15)13(9(2)12(8)14)16-7-10-4-3-5-10/h6,10,16H,3-5,7,15H2,1-2H3. The van der Waals surface area contributed by atoms with Gasteiger partial charge in [0.05, 0.1) is 11.4 Å². The van der Waals surface area contributed by atoms with Crippen molar-refractivity contribution < 1.29 is 4.39 Å². The number of hydrogen-bond acceptors (Lipinski definition) is 2. The van der Waals surface area contributed by atoms with E-state index in [-0.39, 0.29) is 5.82 Å². The second kappa shape index (κ2) is 4.32. The van der Waals surface area contributed by atoms with Crippen LogP contribution in [0.1, 0.15) is 30.4 Å². The Kier molecular flexibility index (Phi) is 3.03. The summed E-state index contributed by atoms with van der Waals surface area (Å²) in [6.07, 6.45) is 3.88. The number of benzene rings is 1. The minimum absolute atomic E-state index is 0.148. The third-order valence-electron chi connectivity index (χ3n) is 3.50. The topological polar surface area (TPSA) is 38.0 Å². The van der Waals surface area contributed by atoms with Crippen LogP contribution in [-0.2, 0) is 0 Å². The van der Waals surface area contributed by atoms with Crippen molar-refractivity contribution in [2.45, 2.75) is 33.1 Å². The normalized spacial score (nSPS) is 15.9. The van der Waals surface area contributed by atoms with Crippen LogP contribution in [0.2, 0.25) is 0 Å². The molecule has 1 fully saturated rings. The number of nitrogens with one attached hydrogen (secondary N) is 1. The highest BCUT2D eigenvalue weighted by Gasteiger charge is 2.18. The van der Waals surface area contributed by atoms with Gasteiger partial charge in [-0.2, -0.15) is 0 Å². The molecular formula is C13H19FN2. The summed E-state index contributed by atoms with van der Waals surface area (Å²) in [5.41, 5.74) is 8.58. The lowest BCUT2D eigenvalue weighted by Gasteiger charge is -2.26. The lowest BCUT2D eigenvalue weighted by molar-refractivity contribution is 0.333. The Hall–Kier alpha value is -1.25. The van der Waals surface area contributed by atoms with E-state index in [0.717, 1.165) is 18.2 Å². The molecule has 88 valence electrons. The number of nitrogens with two attached hydrogens (primary N) is 1. The Balaban J connectivity index is 2.15. The smallest absolute Gasteiger partial charge is 0.131 e. The van der Waals surface area contributed by atoms with E-state index in [9.17, 15) is 4.39 Å². The molecule has 1 saturated carbocycles. The van der Waals surface area contributed by atoms with Crippen LogP contribution in [-0.4, -0.2) is 6.54 Å². The summed E-state index contributed by atoms with van der Waals surface area (Å²) in [5.74, 6) is 0.591. The van der Waals surface area contributed by atoms with Gasteiger partial charge in [0.15, 0.2) is 0 Å². The summed E-state index contributed by atoms with van der Waals surface area (Å²) < 4.78 is 13.7. The molecule has 0 amide bonds. The molecule has 0 radical (unpaired) electrons. The Bertz CT molecular complexity index is 397. The van der Waals surface area contributed by atoms with Gasteiger partial charge in [0.2, 0.25) is 0 Å². The summed E-state index contributed by atoms with van der Waals surface area (Å²) in [7, 11) is 0. The van der Waals surface area contributed by atoms with Crippen molar-refractivity contribution in [1.82, 2.24) is 0 Å². The van der Waals surface area contributed by atoms with Crippen LogP contribution >= 0.6 is 0 Å². The van der Waals surface area contributed by atoms with E-state index in [4.69, 9.17) is 5.73 Å². The Morgan fingerprint density at radius 2 is 2.12 bits per heavy atom. The van der Waals surface area contributed by atoms with Gasteiger partial charge < -0.3 is 11.1 Å². The molecule has 3 heteroatoms. The molecule has 0 atom stereocenters. The van der Waals surface area contributed by atoms with Gasteiger partial charge in [-0.25, -0.2) is 4.39 Å². The Morgan fingerprint density at radius 1 is 1.44 bits per heavy atom. The van der Waals surface area contributed by atoms with Crippen LogP contribution in [0.5, 0.6) is 0 Å². The molecule has 0 bridgehead atoms. The fourth-order valence-corrected chi connectivity index (χ4v) is 2.17. The maximum atomic E-state index is 13.7. The van der Waals surface area contributed by atoms with E-state index in [1.807, 2.05) is 0 Å². The molecule has 2 nitrogen and oxygen atoms in total. The maximum absolute atomic E-state index is 13.7. The summed E-state index contributed by atoms with van der Waals surface area (Å²) in [4.78, 5) is 0. The van der Waals surface area contributed by atoms with Crippen LogP contribution in [0, 0.1) is 25.6 Å². The van der Waals surface area contributed by atoms with Gasteiger partial charge >= 0.3 is 0 Å². The number of rotatable bonds is 3. The number of nitrogen functional groups attached to an aromatic ring is 1. The van der Waals surface area contributed by atoms with Crippen LogP contribution in [0.25, 0.3) is 0 Å². The average Bonchev–Trinajstić information content (AvgIpc) is 2.17. The van der Waals surface area contributed by atoms with Crippen LogP contribution in [0.15, 0.2) is 6.07 Å². The van der Waals surface area contributed by atoms with Gasteiger partial charge in [0, 0.05) is 12.1 Å². The largest absolute Gasteiger partial charge is 0.397 e. The monoisotopic (exact) mass is 222 g/mol. The summed E-state index contributed by atoms with van der Waals surface area (Å²) >= 11 is 0. The summed E-state index contributed by atoms with van der Waals surface area (Å²) in [6.45, 7) is 4.43. The zero-order valence-electron chi connectivity index (χ0n) is 9.94. The molecular weight excluding hydrogens is 203 g/mol. The molecule has 0 heterocycles. The first-order valence-electron chi connectivity index (χ1n) is 5.88. The SMILES string of the molecule is Cc1cc(N)c(NCC2CCC2)c(C)c1F. The van der Waals surface area contributed by atoms with Gasteiger partial charge in [0.1, 0.15) is 5.82 Å². The average molecular weight is 222 g/mol. The first-order chi connectivity index (χ1) is 7.59. The van der Waals surface area contributed by atoms with Crippen molar-refractivity contribution in [3.05, 3.63) is 23.0 Å². The van der Waals surface area contributed by atoms with E-state index >= 15 is 0 Å². The van der Waals surface area contributed by atoms with Crippen LogP contribution in [0.3, 0.4) is 0 Å². The predicted molar refractivity (Wildman–Crippen MR) is 66.1 cm³/mol. The molecule has 0 unspecified atom stereocenters. The van der Waals surface area contributed by atoms with E-state index in [1.165, 1.54) is 19.3 Å². The van der Waals surface area contributed by atoms with E-state index in [2.05, 4.69) is 5.32 Å². The van der Waals surface area contributed by atoms with Gasteiger partial charge in [-0.15, -0.1) is 0 Å². The van der Waals surface area contributed by atoms with Crippen molar-refractivity contribution in [3.63, 3.8) is 0 Å². The van der Waals surface area contributed by atoms with Gasteiger partial charge in [-0.05, 0) is 44.2 Å². The van der Waals surface area contributed by atoms with E-state index < -0.39 is 0 Å². The second-order valence-corrected chi connectivity index (χ2v) is 4.77. The van der Waals surface area contributed by atoms with Crippen molar-refractivity contribution in [2.75, 3.05) is 17.6 Å². The zero-order chi connectivity index (χ0) is 11.7. The van der Waals surface area contributed by atoms with E-state index in [0.29, 0.717) is 16.8 Å². The molecule has 0 aliphatic heterocycles. The summed E-state index contributed by atoms with van der Waals surface area (Å²) in [6, 6.07) is 1.70. The van der Waals surface area contributed by atoms with Crippen molar-refractivity contribution in [3.8, 4) is 0 Å². The Labute approximate surface area is 96.0 Å². The molecule has 1 aromatic carbocycles. The highest BCUT2D eigenvalue weighted by Crippen LogP contribution is 2.31. The fraction of sp³-hybridized carbons (Fsp3) is 0.538. The number of anilines is 2. The zero-order valence-corrected chi connectivity index (χ0v) is 9.94. The van der Waals surface area contributed by atoms with Crippen molar-refractivity contribution >= 4 is 11.4 Å². The van der Waals surface area contributed by atoms with Gasteiger partial charge in [-0.3, -0.25) is 0 Å². The molecule has 0 spiro atoms. The van der Waals surface area contributed by atoms with Crippen LogP contribution < -0.4 is 11.1 Å². The third-order valence-corrected chi connectivity index (χ3v) is 3.50. The molecule has 0 aromatic heterocycles. The predicted octanol–water partition coefficient (Wildman–Crippen LogP) is 3.24. The minimum atomic E-state index is -0.148. The molecule has 16 heavy (non-hydrogen) atoms. The fourth-order valence-electron chi connectivity index (χ4n) is 2.17. The second-order valence-electron chi connectivity index (χ2n) is 4.77. The van der Waals surface area contributed by atoms with Gasteiger partial charge in [0.25, 0.3) is 0 Å². The summed E-state index contributed by atoms with van der Waals surface area (Å²) in [5, 5.41) is 3.29. The lowest BCUT2D eigenvalue weighted by atomic mass is 9.85. The van der Waals surface area contributed by atoms with E-state index in [1.54, 1.807) is 19.9 Å². The highest BCUT2D eigenvalue weighted by atomic mass is 19.1. The molecule has 1 aromatic rings. The van der Waals surface area contributed by atoms with Gasteiger partial charge in [-0.1, -0.05) is 6.42 Å².